The summed E-state index contributed by atoms with van der Waals surface area (Å²) in [6, 6.07) is 0.596. The molecule has 0 saturated heterocycles. The number of aromatic nitrogens is 2. The van der Waals surface area contributed by atoms with Crippen molar-refractivity contribution >= 4 is 0 Å². The Labute approximate surface area is 126 Å². The number of nitrogens with one attached hydrogen (secondary N) is 1. The lowest BCUT2D eigenvalue weighted by molar-refractivity contribution is -0.149. The molecule has 5 nitrogen and oxygen atoms in total. The molecule has 2 aliphatic rings. The summed E-state index contributed by atoms with van der Waals surface area (Å²) in [5, 5.41) is 7.55. The van der Waals surface area contributed by atoms with Crippen LogP contribution in [0.1, 0.15) is 57.2 Å². The van der Waals surface area contributed by atoms with Crippen molar-refractivity contribution in [3.8, 4) is 0 Å². The van der Waals surface area contributed by atoms with Crippen molar-refractivity contribution in [2.45, 2.75) is 70.9 Å². The van der Waals surface area contributed by atoms with Gasteiger partial charge in [0.2, 0.25) is 5.89 Å². The molecule has 3 rings (SSSR count). The second-order valence-electron chi connectivity index (χ2n) is 6.47. The summed E-state index contributed by atoms with van der Waals surface area (Å²) in [6.45, 7) is 5.71. The van der Waals surface area contributed by atoms with E-state index in [1.54, 1.807) is 0 Å². The number of hydrogen-bond acceptors (Lipinski definition) is 5. The van der Waals surface area contributed by atoms with Crippen LogP contribution in [0, 0.1) is 12.3 Å². The Bertz CT molecular complexity index is 454. The van der Waals surface area contributed by atoms with E-state index in [1.165, 1.54) is 32.1 Å². The van der Waals surface area contributed by atoms with Gasteiger partial charge >= 0.3 is 0 Å². The summed E-state index contributed by atoms with van der Waals surface area (Å²) < 4.78 is 11.2. The molecule has 2 fully saturated rings. The van der Waals surface area contributed by atoms with Crippen LogP contribution in [0.25, 0.3) is 0 Å². The molecule has 1 aromatic rings. The van der Waals surface area contributed by atoms with Gasteiger partial charge in [-0.25, -0.2) is 0 Å². The predicted molar refractivity (Wildman–Crippen MR) is 80.1 cm³/mol. The molecular formula is C16H27N3O2. The zero-order chi connectivity index (χ0) is 14.7. The normalized spacial score (nSPS) is 27.7. The number of rotatable bonds is 6. The molecule has 2 aliphatic carbocycles. The molecule has 21 heavy (non-hydrogen) atoms. The van der Waals surface area contributed by atoms with E-state index in [1.807, 2.05) is 6.92 Å². The lowest BCUT2D eigenvalue weighted by atomic mass is 9.55. The average Bonchev–Trinajstić information content (AvgIpc) is 2.92. The second-order valence-corrected chi connectivity index (χ2v) is 6.47. The maximum absolute atomic E-state index is 5.99. The Kier molecular flexibility index (Phi) is 4.60. The Morgan fingerprint density at radius 1 is 1.33 bits per heavy atom. The van der Waals surface area contributed by atoms with Gasteiger partial charge in [0.25, 0.3) is 0 Å². The van der Waals surface area contributed by atoms with Crippen LogP contribution >= 0.6 is 0 Å². The van der Waals surface area contributed by atoms with Crippen LogP contribution in [0.3, 0.4) is 0 Å². The van der Waals surface area contributed by atoms with Gasteiger partial charge in [-0.15, -0.1) is 0 Å². The second kappa shape index (κ2) is 6.44. The van der Waals surface area contributed by atoms with Crippen molar-refractivity contribution in [3.05, 3.63) is 11.7 Å². The molecule has 0 amide bonds. The fourth-order valence-corrected chi connectivity index (χ4v) is 4.14. The number of aryl methyl sites for hydroxylation is 1. The predicted octanol–water partition coefficient (Wildman–Crippen LogP) is 2.64. The molecule has 118 valence electrons. The van der Waals surface area contributed by atoms with Crippen LogP contribution < -0.4 is 5.32 Å². The van der Waals surface area contributed by atoms with Gasteiger partial charge in [-0.05, 0) is 33.1 Å². The highest BCUT2D eigenvalue weighted by molar-refractivity contribution is 5.09. The van der Waals surface area contributed by atoms with Gasteiger partial charge in [0.15, 0.2) is 5.82 Å². The highest BCUT2D eigenvalue weighted by Crippen LogP contribution is 2.53. The molecule has 0 aliphatic heterocycles. The van der Waals surface area contributed by atoms with Gasteiger partial charge in [0, 0.05) is 31.0 Å². The highest BCUT2D eigenvalue weighted by atomic mass is 16.5. The van der Waals surface area contributed by atoms with Gasteiger partial charge in [-0.1, -0.05) is 24.4 Å². The fraction of sp³-hybridized carbons (Fsp3) is 0.875. The summed E-state index contributed by atoms with van der Waals surface area (Å²) in [7, 11) is 0. The first-order valence-electron chi connectivity index (χ1n) is 8.39. The van der Waals surface area contributed by atoms with Crippen molar-refractivity contribution in [2.24, 2.45) is 5.41 Å². The van der Waals surface area contributed by atoms with Gasteiger partial charge < -0.3 is 14.6 Å². The quantitative estimate of drug-likeness (QED) is 0.873. The van der Waals surface area contributed by atoms with E-state index in [9.17, 15) is 0 Å². The van der Waals surface area contributed by atoms with E-state index in [4.69, 9.17) is 9.26 Å². The summed E-state index contributed by atoms with van der Waals surface area (Å²) in [5.74, 6) is 1.45. The third kappa shape index (κ3) is 2.99. The smallest absolute Gasteiger partial charge is 0.227 e. The fourth-order valence-electron chi connectivity index (χ4n) is 4.14. The van der Waals surface area contributed by atoms with Crippen LogP contribution in [0.15, 0.2) is 4.52 Å². The molecule has 0 unspecified atom stereocenters. The molecule has 2 atom stereocenters. The Morgan fingerprint density at radius 3 is 2.81 bits per heavy atom. The van der Waals surface area contributed by atoms with Gasteiger partial charge in [0.1, 0.15) is 0 Å². The highest BCUT2D eigenvalue weighted by Gasteiger charge is 2.55. The molecule has 1 heterocycles. The molecule has 0 aromatic carbocycles. The number of ether oxygens (including phenoxy) is 1. The van der Waals surface area contributed by atoms with Crippen LogP contribution in [0.4, 0.5) is 0 Å². The van der Waals surface area contributed by atoms with Gasteiger partial charge in [-0.2, -0.15) is 4.98 Å². The standard InChI is InChI=1S/C16H27N3O2/c1-3-20-14-11-13(16(14)8-5-4-6-9-16)17-10-7-15-18-12(2)19-21-15/h13-14,17H,3-11H2,1-2H3/t13-,14+/m1/s1. The van der Waals surface area contributed by atoms with E-state index in [0.717, 1.165) is 31.9 Å². The zero-order valence-corrected chi connectivity index (χ0v) is 13.2. The lowest BCUT2D eigenvalue weighted by Gasteiger charge is -2.58. The van der Waals surface area contributed by atoms with E-state index in [-0.39, 0.29) is 0 Å². The summed E-state index contributed by atoms with van der Waals surface area (Å²) >= 11 is 0. The molecule has 5 heteroatoms. The third-order valence-electron chi connectivity index (χ3n) is 5.24. The van der Waals surface area contributed by atoms with Crippen molar-refractivity contribution in [2.75, 3.05) is 13.2 Å². The van der Waals surface area contributed by atoms with E-state index < -0.39 is 0 Å². The van der Waals surface area contributed by atoms with E-state index in [2.05, 4.69) is 22.4 Å². The maximum Gasteiger partial charge on any atom is 0.227 e. The SMILES string of the molecule is CCO[C@H]1C[C@@H](NCCc2nc(C)no2)C12CCCCC2. The molecule has 0 bridgehead atoms. The first kappa shape index (κ1) is 15.0. The van der Waals surface area contributed by atoms with E-state index >= 15 is 0 Å². The Hall–Kier alpha value is -0.940. The number of hydrogen-bond donors (Lipinski definition) is 1. The lowest BCUT2D eigenvalue weighted by Crippen LogP contribution is -2.64. The van der Waals surface area contributed by atoms with E-state index in [0.29, 0.717) is 23.4 Å². The molecule has 2 saturated carbocycles. The molecule has 1 N–H and O–H groups in total. The van der Waals surface area contributed by atoms with Gasteiger partial charge in [-0.3, -0.25) is 0 Å². The van der Waals surface area contributed by atoms with Crippen LogP contribution in [-0.2, 0) is 11.2 Å². The van der Waals surface area contributed by atoms with Crippen molar-refractivity contribution in [1.82, 2.24) is 15.5 Å². The minimum Gasteiger partial charge on any atom is -0.378 e. The monoisotopic (exact) mass is 293 g/mol. The molecule has 1 aromatic heterocycles. The van der Waals surface area contributed by atoms with Crippen molar-refractivity contribution in [1.29, 1.82) is 0 Å². The van der Waals surface area contributed by atoms with Crippen LogP contribution in [0.5, 0.6) is 0 Å². The van der Waals surface area contributed by atoms with Crippen molar-refractivity contribution < 1.29 is 9.26 Å². The minimum absolute atomic E-state index is 0.388. The number of nitrogens with zero attached hydrogens (tertiary/aromatic N) is 2. The van der Waals surface area contributed by atoms with Crippen LogP contribution in [-0.4, -0.2) is 35.4 Å². The first-order valence-corrected chi connectivity index (χ1v) is 8.39. The molecular weight excluding hydrogens is 266 g/mol. The van der Waals surface area contributed by atoms with Crippen LogP contribution in [0.2, 0.25) is 0 Å². The summed E-state index contributed by atoms with van der Waals surface area (Å²) in [5.41, 5.74) is 0.388. The molecule has 0 radical (unpaired) electrons. The minimum atomic E-state index is 0.388. The Balaban J connectivity index is 1.52. The maximum atomic E-state index is 5.99. The summed E-state index contributed by atoms with van der Waals surface area (Å²) in [4.78, 5) is 4.26. The summed E-state index contributed by atoms with van der Waals surface area (Å²) in [6.07, 6.45) is 9.14. The van der Waals surface area contributed by atoms with Crippen molar-refractivity contribution in [3.63, 3.8) is 0 Å². The topological polar surface area (TPSA) is 60.2 Å². The zero-order valence-electron chi connectivity index (χ0n) is 13.2. The molecule has 1 spiro atoms. The first-order chi connectivity index (χ1) is 10.2. The third-order valence-corrected chi connectivity index (χ3v) is 5.24. The average molecular weight is 293 g/mol. The Morgan fingerprint density at radius 2 is 2.14 bits per heavy atom. The van der Waals surface area contributed by atoms with Gasteiger partial charge in [0.05, 0.1) is 6.10 Å². The largest absolute Gasteiger partial charge is 0.378 e.